The average molecular weight is 206 g/mol. The van der Waals surface area contributed by atoms with Crippen LogP contribution < -0.4 is 5.32 Å². The maximum atomic E-state index is 9.13. The number of pyridine rings is 1. The van der Waals surface area contributed by atoms with Gasteiger partial charge in [0, 0.05) is 18.9 Å². The quantitative estimate of drug-likeness (QED) is 0.779. The molecule has 0 spiro atoms. The molecule has 0 radical (unpaired) electrons. The van der Waals surface area contributed by atoms with Crippen molar-refractivity contribution in [3.8, 4) is 0 Å². The van der Waals surface area contributed by atoms with Crippen LogP contribution in [-0.2, 0) is 6.54 Å². The molecule has 0 saturated heterocycles. The van der Waals surface area contributed by atoms with Gasteiger partial charge in [-0.2, -0.15) is 0 Å². The summed E-state index contributed by atoms with van der Waals surface area (Å²) in [7, 11) is 0. The van der Waals surface area contributed by atoms with Crippen LogP contribution in [0.1, 0.15) is 24.0 Å². The van der Waals surface area contributed by atoms with Crippen LogP contribution in [0.3, 0.4) is 0 Å². The van der Waals surface area contributed by atoms with Crippen molar-refractivity contribution >= 4 is 0 Å². The highest BCUT2D eigenvalue weighted by Crippen LogP contribution is 2.26. The van der Waals surface area contributed by atoms with Gasteiger partial charge in [-0.15, -0.1) is 0 Å². The lowest BCUT2D eigenvalue weighted by atomic mass is 9.82. The van der Waals surface area contributed by atoms with Gasteiger partial charge < -0.3 is 10.4 Å². The summed E-state index contributed by atoms with van der Waals surface area (Å²) in [6, 6.07) is 2.15. The first-order valence-corrected chi connectivity index (χ1v) is 5.53. The average Bonchev–Trinajstić information content (AvgIpc) is 2.15. The fraction of sp³-hybridized carbons (Fsp3) is 0.583. The molecule has 2 rings (SSSR count). The topological polar surface area (TPSA) is 45.2 Å². The molecule has 1 aromatic heterocycles. The van der Waals surface area contributed by atoms with Crippen LogP contribution in [0, 0.1) is 12.8 Å². The number of aryl methyl sites for hydroxylation is 1. The van der Waals surface area contributed by atoms with Crippen LogP contribution >= 0.6 is 0 Å². The van der Waals surface area contributed by atoms with Crippen molar-refractivity contribution < 1.29 is 5.11 Å². The van der Waals surface area contributed by atoms with E-state index in [2.05, 4.69) is 23.3 Å². The molecule has 82 valence electrons. The molecule has 2 N–H and O–H groups in total. The van der Waals surface area contributed by atoms with E-state index in [4.69, 9.17) is 5.11 Å². The number of aliphatic hydroxyl groups is 1. The van der Waals surface area contributed by atoms with Gasteiger partial charge in [0.2, 0.25) is 0 Å². The van der Waals surface area contributed by atoms with E-state index in [1.165, 1.54) is 11.1 Å². The zero-order chi connectivity index (χ0) is 10.7. The first-order chi connectivity index (χ1) is 7.24. The van der Waals surface area contributed by atoms with Crippen molar-refractivity contribution in [2.24, 2.45) is 5.92 Å². The lowest BCUT2D eigenvalue weighted by Crippen LogP contribution is -2.35. The highest BCUT2D eigenvalue weighted by molar-refractivity contribution is 5.16. The summed E-state index contributed by atoms with van der Waals surface area (Å²) in [5.74, 6) is 0.665. The second-order valence-electron chi connectivity index (χ2n) is 4.49. The fourth-order valence-electron chi connectivity index (χ4n) is 2.00. The zero-order valence-electron chi connectivity index (χ0n) is 9.11. The molecule has 15 heavy (non-hydrogen) atoms. The van der Waals surface area contributed by atoms with Crippen LogP contribution in [0.2, 0.25) is 0 Å². The summed E-state index contributed by atoms with van der Waals surface area (Å²) in [5.41, 5.74) is 2.43. The molecule has 1 aromatic rings. The molecule has 3 nitrogen and oxygen atoms in total. The van der Waals surface area contributed by atoms with Gasteiger partial charge in [-0.25, -0.2) is 0 Å². The molecule has 1 heterocycles. The number of rotatable bonds is 4. The minimum atomic E-state index is -0.0440. The fourth-order valence-corrected chi connectivity index (χ4v) is 2.00. The molecule has 0 atom stereocenters. The highest BCUT2D eigenvalue weighted by atomic mass is 16.3. The zero-order valence-corrected chi connectivity index (χ0v) is 9.11. The van der Waals surface area contributed by atoms with Crippen molar-refractivity contribution in [1.82, 2.24) is 10.3 Å². The maximum Gasteiger partial charge on any atom is 0.0546 e. The third-order valence-electron chi connectivity index (χ3n) is 2.90. The molecule has 1 fully saturated rings. The van der Waals surface area contributed by atoms with Gasteiger partial charge in [-0.1, -0.05) is 6.07 Å². The molecule has 0 aliphatic heterocycles. The summed E-state index contributed by atoms with van der Waals surface area (Å²) in [5, 5.41) is 12.5. The Morgan fingerprint density at radius 2 is 2.27 bits per heavy atom. The van der Waals surface area contributed by atoms with Gasteiger partial charge in [-0.3, -0.25) is 4.98 Å². The SMILES string of the molecule is Cc1cncc(CNCC2CC(O)C2)c1. The predicted octanol–water partition coefficient (Wildman–Crippen LogP) is 1.25. The summed E-state index contributed by atoms with van der Waals surface area (Å²) in [6.07, 6.45) is 5.64. The monoisotopic (exact) mass is 206 g/mol. The predicted molar refractivity (Wildman–Crippen MR) is 59.4 cm³/mol. The van der Waals surface area contributed by atoms with E-state index in [1.54, 1.807) is 0 Å². The van der Waals surface area contributed by atoms with E-state index < -0.39 is 0 Å². The van der Waals surface area contributed by atoms with E-state index in [0.29, 0.717) is 5.92 Å². The van der Waals surface area contributed by atoms with Gasteiger partial charge in [-0.05, 0) is 43.4 Å². The summed E-state index contributed by atoms with van der Waals surface area (Å²) in [6.45, 7) is 3.94. The lowest BCUT2D eigenvalue weighted by Gasteiger charge is -2.31. The smallest absolute Gasteiger partial charge is 0.0546 e. The molecule has 1 aliphatic carbocycles. The van der Waals surface area contributed by atoms with E-state index in [-0.39, 0.29) is 6.10 Å². The molecule has 0 bridgehead atoms. The minimum Gasteiger partial charge on any atom is -0.393 e. The summed E-state index contributed by atoms with van der Waals surface area (Å²) >= 11 is 0. The van der Waals surface area contributed by atoms with Crippen molar-refractivity contribution in [2.45, 2.75) is 32.4 Å². The molecule has 0 aromatic carbocycles. The van der Waals surface area contributed by atoms with E-state index in [9.17, 15) is 0 Å². The lowest BCUT2D eigenvalue weighted by molar-refractivity contribution is 0.0430. The number of hydrogen-bond acceptors (Lipinski definition) is 3. The molecule has 0 amide bonds. The number of hydrogen-bond donors (Lipinski definition) is 2. The Morgan fingerprint density at radius 1 is 1.47 bits per heavy atom. The largest absolute Gasteiger partial charge is 0.393 e. The standard InChI is InChI=1S/C12H18N2O/c1-9-2-11(7-13-5-9)8-14-6-10-3-12(15)4-10/h2,5,7,10,12,14-15H,3-4,6,8H2,1H3. The van der Waals surface area contributed by atoms with Crippen LogP contribution in [0.5, 0.6) is 0 Å². The third kappa shape index (κ3) is 3.01. The number of aliphatic hydroxyl groups excluding tert-OH is 1. The van der Waals surface area contributed by atoms with Crippen molar-refractivity contribution in [2.75, 3.05) is 6.54 Å². The normalized spacial score (nSPS) is 24.9. The van der Waals surface area contributed by atoms with Crippen molar-refractivity contribution in [1.29, 1.82) is 0 Å². The number of nitrogens with one attached hydrogen (secondary N) is 1. The second-order valence-corrected chi connectivity index (χ2v) is 4.49. The Hall–Kier alpha value is -0.930. The Labute approximate surface area is 90.5 Å². The van der Waals surface area contributed by atoms with Crippen molar-refractivity contribution in [3.05, 3.63) is 29.6 Å². The van der Waals surface area contributed by atoms with Gasteiger partial charge in [0.05, 0.1) is 6.10 Å². The number of aromatic nitrogens is 1. The Balaban J connectivity index is 1.69. The maximum absolute atomic E-state index is 9.13. The Kier molecular flexibility index (Phi) is 3.34. The van der Waals surface area contributed by atoms with Crippen LogP contribution in [-0.4, -0.2) is 22.7 Å². The highest BCUT2D eigenvalue weighted by Gasteiger charge is 2.26. The van der Waals surface area contributed by atoms with Crippen LogP contribution in [0.4, 0.5) is 0 Å². The van der Waals surface area contributed by atoms with E-state index >= 15 is 0 Å². The van der Waals surface area contributed by atoms with Crippen LogP contribution in [0.15, 0.2) is 18.5 Å². The first-order valence-electron chi connectivity index (χ1n) is 5.53. The summed E-state index contributed by atoms with van der Waals surface area (Å²) < 4.78 is 0. The molecule has 0 unspecified atom stereocenters. The molecule has 1 aliphatic rings. The Morgan fingerprint density at radius 3 is 2.93 bits per heavy atom. The first kappa shape index (κ1) is 10.6. The van der Waals surface area contributed by atoms with Crippen LogP contribution in [0.25, 0.3) is 0 Å². The second kappa shape index (κ2) is 4.73. The van der Waals surface area contributed by atoms with E-state index in [1.807, 2.05) is 12.4 Å². The van der Waals surface area contributed by atoms with Gasteiger partial charge in [0.15, 0.2) is 0 Å². The van der Waals surface area contributed by atoms with Gasteiger partial charge >= 0.3 is 0 Å². The third-order valence-corrected chi connectivity index (χ3v) is 2.90. The Bertz CT molecular complexity index is 321. The van der Waals surface area contributed by atoms with Gasteiger partial charge in [0.1, 0.15) is 0 Å². The van der Waals surface area contributed by atoms with E-state index in [0.717, 1.165) is 25.9 Å². The van der Waals surface area contributed by atoms with Crippen molar-refractivity contribution in [3.63, 3.8) is 0 Å². The molecular formula is C12H18N2O. The molecular weight excluding hydrogens is 188 g/mol. The molecule has 1 saturated carbocycles. The summed E-state index contributed by atoms with van der Waals surface area (Å²) in [4.78, 5) is 4.15. The van der Waals surface area contributed by atoms with Gasteiger partial charge in [0.25, 0.3) is 0 Å². The number of nitrogens with zero attached hydrogens (tertiary/aromatic N) is 1. The minimum absolute atomic E-state index is 0.0440. The molecule has 3 heteroatoms.